The minimum absolute atomic E-state index is 0. The molecule has 7 heterocycles. The molecule has 3 saturated carbocycles. The number of fused-ring (bicyclic) bond motifs is 3. The molecule has 1 saturated heterocycles. The number of aryl methyl sites for hydroxylation is 3. The second-order valence-corrected chi connectivity index (χ2v) is 27.8. The number of aromatic carboxylic acids is 1. The summed E-state index contributed by atoms with van der Waals surface area (Å²) in [4.78, 5) is 60.9. The minimum atomic E-state index is -0.910. The predicted octanol–water partition coefficient (Wildman–Crippen LogP) is 14.8. The van der Waals surface area contributed by atoms with Crippen LogP contribution in [0.3, 0.4) is 0 Å². The largest absolute Gasteiger partial charge is 1.00 e. The zero-order valence-electron chi connectivity index (χ0n) is 52.3. The van der Waals surface area contributed by atoms with E-state index >= 15 is 0 Å². The Balaban J connectivity index is 0.000000219. The molecule has 0 radical (unpaired) electrons. The number of carbonyl (C=O) groups is 3. The van der Waals surface area contributed by atoms with Crippen LogP contribution in [-0.2, 0) is 39.9 Å². The molecule has 0 amide bonds. The van der Waals surface area contributed by atoms with Crippen LogP contribution in [0.15, 0.2) is 110 Å². The van der Waals surface area contributed by atoms with Crippen molar-refractivity contribution in [2.45, 2.75) is 149 Å². The second kappa shape index (κ2) is 34.5. The molecule has 1 aliphatic heterocycles. The van der Waals surface area contributed by atoms with Crippen molar-refractivity contribution in [1.29, 1.82) is 0 Å². The molecule has 18 nitrogen and oxygen atoms in total. The fourth-order valence-corrected chi connectivity index (χ4v) is 13.8. The van der Waals surface area contributed by atoms with Crippen LogP contribution in [0.4, 0.5) is 0 Å². The summed E-state index contributed by atoms with van der Waals surface area (Å²) in [6.45, 7) is 8.17. The van der Waals surface area contributed by atoms with Gasteiger partial charge in [0.15, 0.2) is 15.5 Å². The molecule has 0 unspecified atom stereocenters. The summed E-state index contributed by atoms with van der Waals surface area (Å²) in [5.74, 6) is 1.49. The predicted molar refractivity (Wildman–Crippen MR) is 382 cm³/mol. The number of carboxylic acid groups (broad SMARTS) is 1. The topological polar surface area (TPSA) is 230 Å². The van der Waals surface area contributed by atoms with Gasteiger partial charge in [0.2, 0.25) is 0 Å². The van der Waals surface area contributed by atoms with E-state index in [4.69, 9.17) is 18.8 Å². The van der Waals surface area contributed by atoms with Gasteiger partial charge in [0.1, 0.15) is 0 Å². The Hall–Kier alpha value is -4.48. The molecule has 3 aliphatic carbocycles. The molecule has 4 fully saturated rings. The summed E-state index contributed by atoms with van der Waals surface area (Å²) < 4.78 is 31.1. The Labute approximate surface area is 609 Å². The standard InChI is InChI=1S/C20H20BrN3O2.C19H18BrN3O2.C16H18BrNO2.C6H13BO2.C4H2BrIN2.2CH4.Na.H2O/c1-24-16-9-13(20(25)26-2)7-8-15(16)17(12-5-3-4-6-12)18(24)19-22-10-14(21)11-23-19;1-23-15-8-12(19(24)25)6-7-14(15)16(11-4-2-3-5-11)17(23)18-21-9-13(20)10-22-18;1-18-13-9-11(16(19)20-2)7-8-12(13)14(15(18)17)10-5-3-4-6-10;1-5(2)6(3,4)9-7-8-5;5-3-1-7-4(6)8-2-3;;;;/h7-12H,3-6H2,1-2H3;6-11H,2-5H2,1H3,(H,24,25);7-10H,3-6H2,1-2H3;7H,1-4H3;1-2H;2*1H4;;1H2/q;;;;;;;+1;/p-1. The fraction of sp³-hybridized carbons (Fsp3) is 0.418. The van der Waals surface area contributed by atoms with E-state index in [0.717, 1.165) is 68.0 Å². The smallest absolute Gasteiger partial charge is 0.870 e. The van der Waals surface area contributed by atoms with Gasteiger partial charge in [0.05, 0.1) is 71.5 Å². The first kappa shape index (κ1) is 78.2. The van der Waals surface area contributed by atoms with E-state index in [2.05, 4.69) is 131 Å². The summed E-state index contributed by atoms with van der Waals surface area (Å²) >= 11 is 15.8. The number of ether oxygens (including phenoxy) is 2. The number of benzene rings is 3. The Morgan fingerprint density at radius 3 is 1.15 bits per heavy atom. The Kier molecular flexibility index (Phi) is 29.3. The van der Waals surface area contributed by atoms with Gasteiger partial charge in [0.25, 0.3) is 0 Å². The number of nitrogens with zero attached hydrogens (tertiary/aromatic N) is 9. The van der Waals surface area contributed by atoms with E-state index in [0.29, 0.717) is 53.8 Å². The first-order valence-electron chi connectivity index (χ1n) is 29.3. The van der Waals surface area contributed by atoms with Crippen LogP contribution >= 0.6 is 86.3 Å². The molecular weight excluding hydrogens is 1560 g/mol. The van der Waals surface area contributed by atoms with Crippen molar-refractivity contribution in [2.75, 3.05) is 14.2 Å². The molecule has 0 spiro atoms. The Morgan fingerprint density at radius 1 is 0.533 bits per heavy atom. The van der Waals surface area contributed by atoms with E-state index in [-0.39, 0.29) is 73.0 Å². The summed E-state index contributed by atoms with van der Waals surface area (Å²) in [6.07, 6.45) is 25.3. The Bertz CT molecular complexity index is 3950. The zero-order chi connectivity index (χ0) is 63.2. The van der Waals surface area contributed by atoms with Gasteiger partial charge in [-0.25, -0.2) is 44.3 Å². The minimum Gasteiger partial charge on any atom is -0.870 e. The maximum Gasteiger partial charge on any atom is 1.00 e. The quantitative estimate of drug-likeness (QED) is 0.0645. The fourth-order valence-electron chi connectivity index (χ4n) is 12.2. The van der Waals surface area contributed by atoms with Gasteiger partial charge < -0.3 is 43.1 Å². The maximum atomic E-state index is 12.0. The Morgan fingerprint density at radius 2 is 0.837 bits per heavy atom. The van der Waals surface area contributed by atoms with Crippen molar-refractivity contribution < 1.29 is 73.3 Å². The molecule has 4 aliphatic rings. The van der Waals surface area contributed by atoms with Gasteiger partial charge in [-0.1, -0.05) is 71.6 Å². The number of hydrogen-bond donors (Lipinski definition) is 1. The molecule has 3 aromatic carbocycles. The molecule has 486 valence electrons. The number of rotatable bonds is 8. The molecule has 0 bridgehead atoms. The first-order valence-corrected chi connectivity index (χ1v) is 33.6. The van der Waals surface area contributed by atoms with Crippen molar-refractivity contribution in [3.8, 4) is 23.0 Å². The molecule has 25 heteroatoms. The number of aromatic nitrogens is 9. The van der Waals surface area contributed by atoms with E-state index in [9.17, 15) is 19.5 Å². The third-order valence-corrected chi connectivity index (χ3v) is 20.3. The molecular formula is C67H80BBr4IN9NaO9. The van der Waals surface area contributed by atoms with Gasteiger partial charge in [-0.2, -0.15) is 0 Å². The number of methoxy groups -OCH3 is 2. The van der Waals surface area contributed by atoms with Crippen molar-refractivity contribution in [3.63, 3.8) is 0 Å². The monoisotopic (exact) mass is 1630 g/mol. The third-order valence-electron chi connectivity index (χ3n) is 17.6. The number of hydrogen-bond acceptors (Lipinski definition) is 14. The average molecular weight is 1640 g/mol. The summed E-state index contributed by atoms with van der Waals surface area (Å²) in [5.41, 5.74) is 10.2. The van der Waals surface area contributed by atoms with Crippen molar-refractivity contribution in [3.05, 3.63) is 147 Å². The molecule has 13 rings (SSSR count). The maximum absolute atomic E-state index is 12.0. The zero-order valence-corrected chi connectivity index (χ0v) is 62.8. The van der Waals surface area contributed by atoms with Gasteiger partial charge in [-0.05, 0) is 201 Å². The van der Waals surface area contributed by atoms with E-state index < -0.39 is 5.97 Å². The molecule has 6 aromatic heterocycles. The van der Waals surface area contributed by atoms with E-state index in [1.165, 1.54) is 106 Å². The van der Waals surface area contributed by atoms with Crippen LogP contribution in [0.1, 0.15) is 185 Å². The van der Waals surface area contributed by atoms with Crippen molar-refractivity contribution in [1.82, 2.24) is 43.6 Å². The van der Waals surface area contributed by atoms with Gasteiger partial charge in [-0.15, -0.1) is 0 Å². The van der Waals surface area contributed by atoms with Crippen LogP contribution in [0.25, 0.3) is 55.7 Å². The van der Waals surface area contributed by atoms with Gasteiger partial charge in [-0.3, -0.25) is 0 Å². The normalized spacial score (nSPS) is 15.5. The van der Waals surface area contributed by atoms with Crippen LogP contribution < -0.4 is 29.6 Å². The first-order chi connectivity index (χ1) is 42.0. The van der Waals surface area contributed by atoms with Crippen LogP contribution in [0.5, 0.6) is 0 Å². The van der Waals surface area contributed by atoms with Gasteiger partial charge >= 0.3 is 55.2 Å². The number of carbonyl (C=O) groups excluding carboxylic acids is 2. The van der Waals surface area contributed by atoms with Crippen molar-refractivity contribution in [2.24, 2.45) is 21.1 Å². The second-order valence-electron chi connectivity index (χ2n) is 23.4. The summed E-state index contributed by atoms with van der Waals surface area (Å²) in [7, 11) is 9.27. The number of carboxylic acids is 1. The number of halogens is 5. The van der Waals surface area contributed by atoms with Crippen LogP contribution in [0, 0.1) is 3.83 Å². The molecule has 92 heavy (non-hydrogen) atoms. The van der Waals surface area contributed by atoms with Gasteiger partial charge in [0, 0.05) is 114 Å². The van der Waals surface area contributed by atoms with Crippen molar-refractivity contribution >= 4 is 145 Å². The SMILES string of the molecule is Brc1cnc(I)nc1.C.C.CC1(C)OBOC1(C)C.COC(=O)c1ccc2c(C3CCCC3)c(-c3ncc(Br)cn3)n(C)c2c1.COC(=O)c1ccc2c(C3CCCC3)c(Br)n(C)c2c1.Cn1c(-c2ncc(Br)cn2)c(C2CCCC2)c2ccc(C(=O)O)cc21.[Na+].[OH-]. The molecule has 9 aromatic rings. The van der Waals surface area contributed by atoms with E-state index in [1.807, 2.05) is 89.8 Å². The van der Waals surface area contributed by atoms with Crippen LogP contribution in [0.2, 0.25) is 0 Å². The van der Waals surface area contributed by atoms with Crippen LogP contribution in [-0.4, -0.2) is 105 Å². The average Bonchev–Trinajstić information content (AvgIpc) is 1.61. The third kappa shape index (κ3) is 17.6. The number of esters is 2. The summed E-state index contributed by atoms with van der Waals surface area (Å²) in [6, 6.07) is 17.0. The summed E-state index contributed by atoms with van der Waals surface area (Å²) in [5, 5.41) is 12.9. The molecule has 0 atom stereocenters. The van der Waals surface area contributed by atoms with E-state index in [1.54, 1.807) is 49.3 Å². The molecule has 2 N–H and O–H groups in total.